The lowest BCUT2D eigenvalue weighted by Gasteiger charge is -2.32. The van der Waals surface area contributed by atoms with Crippen molar-refractivity contribution in [2.75, 3.05) is 31.1 Å². The lowest BCUT2D eigenvalue weighted by molar-refractivity contribution is -0.133. The van der Waals surface area contributed by atoms with Crippen molar-refractivity contribution >= 4 is 15.7 Å². The van der Waals surface area contributed by atoms with E-state index in [0.717, 1.165) is 25.8 Å². The zero-order chi connectivity index (χ0) is 11.6. The third-order valence-electron chi connectivity index (χ3n) is 3.26. The second-order valence-electron chi connectivity index (χ2n) is 4.48. The molecule has 6 heteroatoms. The van der Waals surface area contributed by atoms with E-state index in [1.807, 2.05) is 0 Å². The molecule has 0 bridgehead atoms. The van der Waals surface area contributed by atoms with Crippen molar-refractivity contribution in [3.63, 3.8) is 0 Å². The van der Waals surface area contributed by atoms with Crippen LogP contribution in [0.2, 0.25) is 0 Å². The molecule has 16 heavy (non-hydrogen) atoms. The highest BCUT2D eigenvalue weighted by atomic mass is 32.2. The third-order valence-corrected chi connectivity index (χ3v) is 4.87. The zero-order valence-corrected chi connectivity index (χ0v) is 10.1. The highest BCUT2D eigenvalue weighted by Crippen LogP contribution is 2.12. The summed E-state index contributed by atoms with van der Waals surface area (Å²) in [7, 11) is -2.89. The van der Waals surface area contributed by atoms with Gasteiger partial charge >= 0.3 is 0 Å². The molecule has 1 amide bonds. The Labute approximate surface area is 96.1 Å². The van der Waals surface area contributed by atoms with E-state index in [2.05, 4.69) is 5.32 Å². The summed E-state index contributed by atoms with van der Waals surface area (Å²) in [5, 5.41) is 3.20. The molecule has 0 aliphatic carbocycles. The van der Waals surface area contributed by atoms with Crippen LogP contribution in [-0.4, -0.2) is 56.4 Å². The van der Waals surface area contributed by atoms with Crippen molar-refractivity contribution in [2.24, 2.45) is 0 Å². The van der Waals surface area contributed by atoms with Gasteiger partial charge in [0, 0.05) is 13.1 Å². The fourth-order valence-corrected chi connectivity index (χ4v) is 3.42. The Balaban J connectivity index is 1.90. The summed E-state index contributed by atoms with van der Waals surface area (Å²) >= 11 is 0. The Kier molecular flexibility index (Phi) is 3.49. The molecule has 0 spiro atoms. The standard InChI is InChI=1S/C10H18N2O3S/c13-10(9-3-1-2-4-11-9)12-5-7-16(14,15)8-6-12/h9,11H,1-8H2/t9-/m1/s1. The Morgan fingerprint density at radius 1 is 1.19 bits per heavy atom. The molecular formula is C10H18N2O3S. The summed E-state index contributed by atoms with van der Waals surface area (Å²) in [6.07, 6.45) is 3.08. The molecule has 1 N–H and O–H groups in total. The first-order chi connectivity index (χ1) is 7.58. The average molecular weight is 246 g/mol. The van der Waals surface area contributed by atoms with Gasteiger partial charge in [0.25, 0.3) is 0 Å². The Morgan fingerprint density at radius 3 is 2.44 bits per heavy atom. The SMILES string of the molecule is O=C([C@H]1CCCCN1)N1CCS(=O)(=O)CC1. The largest absolute Gasteiger partial charge is 0.339 e. The minimum Gasteiger partial charge on any atom is -0.339 e. The van der Waals surface area contributed by atoms with E-state index < -0.39 is 9.84 Å². The molecule has 2 heterocycles. The van der Waals surface area contributed by atoms with Crippen molar-refractivity contribution in [3.05, 3.63) is 0 Å². The van der Waals surface area contributed by atoms with Crippen LogP contribution in [0.4, 0.5) is 0 Å². The van der Waals surface area contributed by atoms with Crippen LogP contribution in [0.5, 0.6) is 0 Å². The second-order valence-corrected chi connectivity index (χ2v) is 6.78. The van der Waals surface area contributed by atoms with E-state index in [0.29, 0.717) is 13.1 Å². The quantitative estimate of drug-likeness (QED) is 0.670. The van der Waals surface area contributed by atoms with Gasteiger partial charge in [0.05, 0.1) is 17.5 Å². The van der Waals surface area contributed by atoms with Crippen LogP contribution in [-0.2, 0) is 14.6 Å². The molecule has 2 fully saturated rings. The van der Waals surface area contributed by atoms with Crippen LogP contribution in [0, 0.1) is 0 Å². The molecule has 0 radical (unpaired) electrons. The molecule has 1 atom stereocenters. The van der Waals surface area contributed by atoms with Crippen molar-refractivity contribution in [1.29, 1.82) is 0 Å². The minimum absolute atomic E-state index is 0.0783. The van der Waals surface area contributed by atoms with Gasteiger partial charge in [-0.25, -0.2) is 8.42 Å². The van der Waals surface area contributed by atoms with Crippen LogP contribution in [0.15, 0.2) is 0 Å². The molecule has 0 aromatic carbocycles. The number of rotatable bonds is 1. The maximum atomic E-state index is 12.0. The topological polar surface area (TPSA) is 66.5 Å². The lowest BCUT2D eigenvalue weighted by Crippen LogP contribution is -2.52. The molecule has 2 saturated heterocycles. The van der Waals surface area contributed by atoms with E-state index >= 15 is 0 Å². The number of carbonyl (C=O) groups is 1. The van der Waals surface area contributed by atoms with Gasteiger partial charge in [-0.05, 0) is 19.4 Å². The van der Waals surface area contributed by atoms with Gasteiger partial charge in [-0.3, -0.25) is 4.79 Å². The van der Waals surface area contributed by atoms with E-state index in [1.165, 1.54) is 0 Å². The number of nitrogens with one attached hydrogen (secondary N) is 1. The Morgan fingerprint density at radius 2 is 1.88 bits per heavy atom. The van der Waals surface area contributed by atoms with Crippen molar-refractivity contribution in [1.82, 2.24) is 10.2 Å². The summed E-state index contributed by atoms with van der Waals surface area (Å²) in [6, 6.07) is -0.0884. The summed E-state index contributed by atoms with van der Waals surface area (Å²) < 4.78 is 22.5. The smallest absolute Gasteiger partial charge is 0.239 e. The monoisotopic (exact) mass is 246 g/mol. The summed E-state index contributed by atoms with van der Waals surface area (Å²) in [6.45, 7) is 1.61. The number of hydrogen-bond acceptors (Lipinski definition) is 4. The number of hydrogen-bond donors (Lipinski definition) is 1. The maximum Gasteiger partial charge on any atom is 0.239 e. The number of amides is 1. The predicted octanol–water partition coefficient (Wildman–Crippen LogP) is -0.614. The molecule has 0 unspecified atom stereocenters. The van der Waals surface area contributed by atoms with E-state index in [4.69, 9.17) is 0 Å². The first kappa shape index (κ1) is 11.9. The van der Waals surface area contributed by atoms with Crippen LogP contribution in [0.3, 0.4) is 0 Å². The number of nitrogens with zero attached hydrogens (tertiary/aromatic N) is 1. The van der Waals surface area contributed by atoms with Gasteiger partial charge in [0.15, 0.2) is 9.84 Å². The van der Waals surface area contributed by atoms with Crippen LogP contribution >= 0.6 is 0 Å². The molecule has 0 aromatic rings. The maximum absolute atomic E-state index is 12.0. The van der Waals surface area contributed by atoms with Crippen molar-refractivity contribution in [2.45, 2.75) is 25.3 Å². The molecule has 2 rings (SSSR count). The molecule has 0 saturated carbocycles. The van der Waals surface area contributed by atoms with Gasteiger partial charge in [-0.2, -0.15) is 0 Å². The zero-order valence-electron chi connectivity index (χ0n) is 9.31. The average Bonchev–Trinajstić information content (AvgIpc) is 2.29. The molecule has 2 aliphatic rings. The second kappa shape index (κ2) is 4.71. The van der Waals surface area contributed by atoms with Crippen molar-refractivity contribution < 1.29 is 13.2 Å². The molecule has 2 aliphatic heterocycles. The fourth-order valence-electron chi connectivity index (χ4n) is 2.22. The summed E-state index contributed by atoms with van der Waals surface area (Å²) in [4.78, 5) is 13.7. The van der Waals surface area contributed by atoms with Gasteiger partial charge < -0.3 is 10.2 Å². The molecular weight excluding hydrogens is 228 g/mol. The van der Waals surface area contributed by atoms with Gasteiger partial charge in [0.2, 0.25) is 5.91 Å². The van der Waals surface area contributed by atoms with Crippen LogP contribution in [0.25, 0.3) is 0 Å². The number of piperidine rings is 1. The fraction of sp³-hybridized carbons (Fsp3) is 0.900. The van der Waals surface area contributed by atoms with E-state index in [-0.39, 0.29) is 23.5 Å². The Hall–Kier alpha value is -0.620. The van der Waals surface area contributed by atoms with E-state index in [1.54, 1.807) is 4.90 Å². The molecule has 5 nitrogen and oxygen atoms in total. The first-order valence-corrected chi connectivity index (χ1v) is 7.63. The summed E-state index contributed by atoms with van der Waals surface area (Å²) in [5.41, 5.74) is 0. The molecule has 0 aromatic heterocycles. The lowest BCUT2D eigenvalue weighted by atomic mass is 10.0. The normalized spacial score (nSPS) is 30.0. The number of sulfone groups is 1. The van der Waals surface area contributed by atoms with Crippen LogP contribution < -0.4 is 5.32 Å². The Bertz CT molecular complexity index is 346. The van der Waals surface area contributed by atoms with Crippen molar-refractivity contribution in [3.8, 4) is 0 Å². The van der Waals surface area contributed by atoms with Gasteiger partial charge in [-0.15, -0.1) is 0 Å². The predicted molar refractivity (Wildman–Crippen MR) is 60.9 cm³/mol. The number of carbonyl (C=O) groups excluding carboxylic acids is 1. The molecule has 92 valence electrons. The first-order valence-electron chi connectivity index (χ1n) is 5.81. The van der Waals surface area contributed by atoms with Crippen LogP contribution in [0.1, 0.15) is 19.3 Å². The third kappa shape index (κ3) is 2.74. The minimum atomic E-state index is -2.89. The van der Waals surface area contributed by atoms with E-state index in [9.17, 15) is 13.2 Å². The highest BCUT2D eigenvalue weighted by molar-refractivity contribution is 7.91. The highest BCUT2D eigenvalue weighted by Gasteiger charge is 2.30. The van der Waals surface area contributed by atoms with Gasteiger partial charge in [0.1, 0.15) is 0 Å². The van der Waals surface area contributed by atoms with Gasteiger partial charge in [-0.1, -0.05) is 6.42 Å². The summed E-state index contributed by atoms with van der Waals surface area (Å²) in [5.74, 6) is 0.311.